The first-order valence-electron chi connectivity index (χ1n) is 5.08. The molecule has 84 valence electrons. The van der Waals surface area contributed by atoms with E-state index in [-0.39, 0.29) is 5.91 Å². The van der Waals surface area contributed by atoms with Crippen LogP contribution in [0, 0.1) is 0 Å². The van der Waals surface area contributed by atoms with Gasteiger partial charge in [-0.05, 0) is 33.2 Å². The van der Waals surface area contributed by atoms with E-state index in [2.05, 4.69) is 5.32 Å². The molecule has 0 aliphatic rings. The smallest absolute Gasteiger partial charge is 0.251 e. The van der Waals surface area contributed by atoms with Gasteiger partial charge in [-0.1, -0.05) is 6.42 Å². The zero-order valence-corrected chi connectivity index (χ0v) is 9.43. The van der Waals surface area contributed by atoms with Gasteiger partial charge in [-0.15, -0.1) is 0 Å². The summed E-state index contributed by atoms with van der Waals surface area (Å²) >= 11 is 0. The van der Waals surface area contributed by atoms with Gasteiger partial charge in [0.15, 0.2) is 0 Å². The third-order valence-corrected chi connectivity index (χ3v) is 2.22. The van der Waals surface area contributed by atoms with E-state index in [4.69, 9.17) is 10.5 Å². The average molecular weight is 202 g/mol. The molecule has 0 atom stereocenters. The molecule has 4 heteroatoms. The maximum Gasteiger partial charge on any atom is 0.251 e. The number of hydrogen-bond donors (Lipinski definition) is 2. The second-order valence-corrected chi connectivity index (χ2v) is 3.82. The molecule has 0 saturated heterocycles. The van der Waals surface area contributed by atoms with Gasteiger partial charge in [-0.25, -0.2) is 0 Å². The lowest BCUT2D eigenvalue weighted by Gasteiger charge is -2.21. The molecule has 3 N–H and O–H groups in total. The Kier molecular flexibility index (Phi) is 6.49. The van der Waals surface area contributed by atoms with Crippen molar-refractivity contribution in [3.63, 3.8) is 0 Å². The topological polar surface area (TPSA) is 64.3 Å². The summed E-state index contributed by atoms with van der Waals surface area (Å²) in [7, 11) is 1.54. The summed E-state index contributed by atoms with van der Waals surface area (Å²) in [6.07, 6.45) is 3.05. The molecule has 0 rings (SSSR count). The number of nitrogens with two attached hydrogens (primary N) is 1. The van der Waals surface area contributed by atoms with Crippen LogP contribution in [0.2, 0.25) is 0 Å². The predicted octanol–water partition coefficient (Wildman–Crippen LogP) is 0.657. The number of amides is 1. The van der Waals surface area contributed by atoms with Gasteiger partial charge in [-0.2, -0.15) is 0 Å². The number of carbonyl (C=O) groups excluding carboxylic acids is 1. The first kappa shape index (κ1) is 13.4. The number of unbranched alkanes of at least 4 members (excludes halogenated alkanes) is 2. The second kappa shape index (κ2) is 6.79. The van der Waals surface area contributed by atoms with Crippen LogP contribution in [0.4, 0.5) is 0 Å². The Hall–Kier alpha value is -0.610. The van der Waals surface area contributed by atoms with Gasteiger partial charge < -0.3 is 15.8 Å². The molecular weight excluding hydrogens is 180 g/mol. The van der Waals surface area contributed by atoms with Gasteiger partial charge in [0.2, 0.25) is 0 Å². The molecule has 1 amide bonds. The van der Waals surface area contributed by atoms with Gasteiger partial charge in [0.05, 0.1) is 0 Å². The summed E-state index contributed by atoms with van der Waals surface area (Å²) in [6.45, 7) is 4.92. The molecule has 0 unspecified atom stereocenters. The van der Waals surface area contributed by atoms with Gasteiger partial charge in [0.25, 0.3) is 5.91 Å². The Labute approximate surface area is 86.2 Å². The van der Waals surface area contributed by atoms with Crippen molar-refractivity contribution in [1.82, 2.24) is 5.32 Å². The minimum absolute atomic E-state index is 0.0623. The predicted molar refractivity (Wildman–Crippen MR) is 57.0 cm³/mol. The number of carbonyl (C=O) groups is 1. The quantitative estimate of drug-likeness (QED) is 0.596. The number of nitrogens with one attached hydrogen (secondary N) is 1. The van der Waals surface area contributed by atoms with Crippen LogP contribution in [-0.2, 0) is 9.53 Å². The summed E-state index contributed by atoms with van der Waals surface area (Å²) in [5.74, 6) is -0.0623. The lowest BCUT2D eigenvalue weighted by Crippen LogP contribution is -2.43. The number of methoxy groups -OCH3 is 1. The molecule has 0 heterocycles. The van der Waals surface area contributed by atoms with Gasteiger partial charge >= 0.3 is 0 Å². The fraction of sp³-hybridized carbons (Fsp3) is 0.900. The fourth-order valence-electron chi connectivity index (χ4n) is 0.954. The zero-order chi connectivity index (χ0) is 11.0. The normalized spacial score (nSPS) is 11.4. The van der Waals surface area contributed by atoms with Crippen LogP contribution < -0.4 is 11.1 Å². The van der Waals surface area contributed by atoms with E-state index in [0.29, 0.717) is 6.54 Å². The Balaban J connectivity index is 3.54. The van der Waals surface area contributed by atoms with Crippen molar-refractivity contribution in [3.05, 3.63) is 0 Å². The second-order valence-electron chi connectivity index (χ2n) is 3.82. The molecule has 0 spiro atoms. The lowest BCUT2D eigenvalue weighted by molar-refractivity contribution is -0.139. The maximum absolute atomic E-state index is 11.5. The third kappa shape index (κ3) is 5.19. The summed E-state index contributed by atoms with van der Waals surface area (Å²) < 4.78 is 5.05. The molecular formula is C10H22N2O2. The maximum atomic E-state index is 11.5. The Morgan fingerprint density at radius 1 is 1.36 bits per heavy atom. The summed E-state index contributed by atoms with van der Waals surface area (Å²) in [6, 6.07) is 0. The molecule has 0 fully saturated rings. The van der Waals surface area contributed by atoms with Gasteiger partial charge in [0.1, 0.15) is 5.60 Å². The minimum atomic E-state index is -0.728. The standard InChI is InChI=1S/C10H22N2O2/c1-10(2,14-3)9(13)12-8-6-4-5-7-11/h4-8,11H2,1-3H3,(H,12,13). The van der Waals surface area contributed by atoms with Crippen LogP contribution in [0.5, 0.6) is 0 Å². The molecule has 0 aromatic heterocycles. The number of ether oxygens (including phenoxy) is 1. The van der Waals surface area contributed by atoms with E-state index >= 15 is 0 Å². The Morgan fingerprint density at radius 2 is 2.00 bits per heavy atom. The highest BCUT2D eigenvalue weighted by molar-refractivity contribution is 5.84. The van der Waals surface area contributed by atoms with Crippen LogP contribution in [-0.4, -0.2) is 31.7 Å². The van der Waals surface area contributed by atoms with Crippen LogP contribution in [0.25, 0.3) is 0 Å². The summed E-state index contributed by atoms with van der Waals surface area (Å²) in [5, 5.41) is 2.83. The van der Waals surface area contributed by atoms with Gasteiger partial charge in [-0.3, -0.25) is 4.79 Å². The largest absolute Gasteiger partial charge is 0.369 e. The van der Waals surface area contributed by atoms with Crippen molar-refractivity contribution < 1.29 is 9.53 Å². The summed E-state index contributed by atoms with van der Waals surface area (Å²) in [4.78, 5) is 11.5. The monoisotopic (exact) mass is 202 g/mol. The van der Waals surface area contributed by atoms with Crippen molar-refractivity contribution in [2.45, 2.75) is 38.7 Å². The van der Waals surface area contributed by atoms with Crippen molar-refractivity contribution >= 4 is 5.91 Å². The highest BCUT2D eigenvalue weighted by atomic mass is 16.5. The van der Waals surface area contributed by atoms with Crippen LogP contribution >= 0.6 is 0 Å². The van der Waals surface area contributed by atoms with Gasteiger partial charge in [0, 0.05) is 13.7 Å². The third-order valence-electron chi connectivity index (χ3n) is 2.22. The van der Waals surface area contributed by atoms with Crippen molar-refractivity contribution in [2.75, 3.05) is 20.2 Å². The molecule has 4 nitrogen and oxygen atoms in total. The van der Waals surface area contributed by atoms with E-state index in [1.165, 1.54) is 7.11 Å². The van der Waals surface area contributed by atoms with E-state index in [0.717, 1.165) is 25.8 Å². The van der Waals surface area contributed by atoms with Crippen LogP contribution in [0.1, 0.15) is 33.1 Å². The SMILES string of the molecule is COC(C)(C)C(=O)NCCCCCN. The molecule has 0 aliphatic carbocycles. The van der Waals surface area contributed by atoms with Crippen molar-refractivity contribution in [1.29, 1.82) is 0 Å². The highest BCUT2D eigenvalue weighted by Gasteiger charge is 2.25. The first-order chi connectivity index (χ1) is 6.54. The highest BCUT2D eigenvalue weighted by Crippen LogP contribution is 2.06. The number of hydrogen-bond acceptors (Lipinski definition) is 3. The first-order valence-corrected chi connectivity index (χ1v) is 5.08. The fourth-order valence-corrected chi connectivity index (χ4v) is 0.954. The molecule has 0 radical (unpaired) electrons. The zero-order valence-electron chi connectivity index (χ0n) is 9.43. The lowest BCUT2D eigenvalue weighted by atomic mass is 10.1. The van der Waals surface area contributed by atoms with Crippen LogP contribution in [0.3, 0.4) is 0 Å². The molecule has 0 bridgehead atoms. The molecule has 14 heavy (non-hydrogen) atoms. The molecule has 0 aromatic carbocycles. The minimum Gasteiger partial charge on any atom is -0.369 e. The van der Waals surface area contributed by atoms with E-state index in [1.54, 1.807) is 13.8 Å². The Morgan fingerprint density at radius 3 is 2.50 bits per heavy atom. The molecule has 0 aliphatic heterocycles. The number of rotatable bonds is 7. The van der Waals surface area contributed by atoms with Crippen LogP contribution in [0.15, 0.2) is 0 Å². The van der Waals surface area contributed by atoms with Crippen molar-refractivity contribution in [3.8, 4) is 0 Å². The Bertz CT molecular complexity index is 170. The van der Waals surface area contributed by atoms with E-state index in [1.807, 2.05) is 0 Å². The molecule has 0 saturated carbocycles. The summed E-state index contributed by atoms with van der Waals surface area (Å²) in [5.41, 5.74) is 4.63. The molecule has 0 aromatic rings. The average Bonchev–Trinajstić information content (AvgIpc) is 2.17. The van der Waals surface area contributed by atoms with E-state index in [9.17, 15) is 4.79 Å². The van der Waals surface area contributed by atoms with E-state index < -0.39 is 5.60 Å². The van der Waals surface area contributed by atoms with Crippen molar-refractivity contribution in [2.24, 2.45) is 5.73 Å².